The summed E-state index contributed by atoms with van der Waals surface area (Å²) in [5, 5.41) is 3.96. The zero-order valence-corrected chi connectivity index (χ0v) is 11.8. The number of nitrogens with zero attached hydrogens (tertiary/aromatic N) is 2. The Balaban J connectivity index is 2.21. The van der Waals surface area contributed by atoms with Crippen molar-refractivity contribution in [2.45, 2.75) is 0 Å². The van der Waals surface area contributed by atoms with Crippen LogP contribution in [0.2, 0.25) is 0 Å². The van der Waals surface area contributed by atoms with Crippen LogP contribution in [0.3, 0.4) is 0 Å². The van der Waals surface area contributed by atoms with E-state index in [4.69, 9.17) is 10.3 Å². The summed E-state index contributed by atoms with van der Waals surface area (Å²) < 4.78 is 18.8. The third kappa shape index (κ3) is 2.18. The summed E-state index contributed by atoms with van der Waals surface area (Å²) in [7, 11) is 0. The molecule has 0 bridgehead atoms. The highest BCUT2D eigenvalue weighted by atomic mass is 79.9. The van der Waals surface area contributed by atoms with Crippen LogP contribution in [-0.4, -0.2) is 10.1 Å². The van der Waals surface area contributed by atoms with Gasteiger partial charge < -0.3 is 10.3 Å². The van der Waals surface area contributed by atoms with E-state index in [1.54, 1.807) is 18.3 Å². The summed E-state index contributed by atoms with van der Waals surface area (Å²) in [6, 6.07) is 9.79. The number of hydrogen-bond donors (Lipinski definition) is 1. The van der Waals surface area contributed by atoms with E-state index in [0.29, 0.717) is 27.0 Å². The fraction of sp³-hybridized carbons (Fsp3) is 0. The summed E-state index contributed by atoms with van der Waals surface area (Å²) in [6.45, 7) is 0. The lowest BCUT2D eigenvalue weighted by Crippen LogP contribution is -1.90. The van der Waals surface area contributed by atoms with E-state index < -0.39 is 0 Å². The van der Waals surface area contributed by atoms with Crippen LogP contribution in [0.5, 0.6) is 0 Å². The minimum Gasteiger partial charge on any atom is -0.367 e. The highest BCUT2D eigenvalue weighted by molar-refractivity contribution is 9.10. The number of halogens is 2. The number of rotatable bonds is 2. The lowest BCUT2D eigenvalue weighted by atomic mass is 10.0. The van der Waals surface area contributed by atoms with Crippen molar-refractivity contribution in [1.29, 1.82) is 0 Å². The Bertz CT molecular complexity index is 758. The van der Waals surface area contributed by atoms with Gasteiger partial charge in [0.1, 0.15) is 11.5 Å². The van der Waals surface area contributed by atoms with Crippen molar-refractivity contribution >= 4 is 21.8 Å². The molecule has 1 aromatic carbocycles. The molecule has 0 aliphatic rings. The Labute approximate surface area is 122 Å². The van der Waals surface area contributed by atoms with Gasteiger partial charge in [0, 0.05) is 16.2 Å². The van der Waals surface area contributed by atoms with Gasteiger partial charge in [0.25, 0.3) is 0 Å². The first kappa shape index (κ1) is 12.8. The highest BCUT2D eigenvalue weighted by Crippen LogP contribution is 2.38. The molecule has 0 fully saturated rings. The summed E-state index contributed by atoms with van der Waals surface area (Å²) in [6.07, 6.45) is 1.66. The minimum atomic E-state index is -0.337. The fourth-order valence-corrected chi connectivity index (χ4v) is 2.46. The second kappa shape index (κ2) is 5.05. The Morgan fingerprint density at radius 1 is 1.20 bits per heavy atom. The second-order valence-corrected chi connectivity index (χ2v) is 4.96. The first-order chi connectivity index (χ1) is 9.66. The molecule has 0 atom stereocenters. The van der Waals surface area contributed by atoms with E-state index in [9.17, 15) is 4.39 Å². The normalized spacial score (nSPS) is 10.7. The maximum Gasteiger partial charge on any atom is 0.232 e. The molecule has 0 aliphatic heterocycles. The van der Waals surface area contributed by atoms with Gasteiger partial charge in [-0.05, 0) is 46.3 Å². The van der Waals surface area contributed by atoms with E-state index in [1.165, 1.54) is 12.1 Å². The van der Waals surface area contributed by atoms with Gasteiger partial charge in [0.05, 0.1) is 11.3 Å². The Hall–Kier alpha value is -2.21. The lowest BCUT2D eigenvalue weighted by molar-refractivity contribution is 0.439. The van der Waals surface area contributed by atoms with Crippen molar-refractivity contribution in [3.05, 3.63) is 52.9 Å². The predicted molar refractivity (Wildman–Crippen MR) is 77.2 cm³/mol. The molecule has 2 N–H and O–H groups in total. The first-order valence-electron chi connectivity index (χ1n) is 5.79. The molecule has 0 amide bonds. The lowest BCUT2D eigenvalue weighted by Gasteiger charge is -2.04. The van der Waals surface area contributed by atoms with Crippen LogP contribution in [0.1, 0.15) is 0 Å². The molecule has 0 spiro atoms. The molecule has 0 saturated heterocycles. The zero-order chi connectivity index (χ0) is 14.1. The molecule has 0 unspecified atom stereocenters. The Morgan fingerprint density at radius 2 is 2.05 bits per heavy atom. The van der Waals surface area contributed by atoms with Crippen molar-refractivity contribution in [2.75, 3.05) is 5.73 Å². The largest absolute Gasteiger partial charge is 0.367 e. The van der Waals surface area contributed by atoms with Gasteiger partial charge in [0.15, 0.2) is 0 Å². The SMILES string of the molecule is Nc1onc(-c2ccc(F)cc2Br)c1-c1ccccn1. The van der Waals surface area contributed by atoms with Gasteiger partial charge in [-0.25, -0.2) is 4.39 Å². The van der Waals surface area contributed by atoms with Crippen molar-refractivity contribution in [3.63, 3.8) is 0 Å². The summed E-state index contributed by atoms with van der Waals surface area (Å²) in [5.41, 5.74) is 8.29. The average Bonchev–Trinajstić information content (AvgIpc) is 2.81. The number of anilines is 1. The van der Waals surface area contributed by atoms with Crippen LogP contribution in [-0.2, 0) is 0 Å². The molecule has 100 valence electrons. The topological polar surface area (TPSA) is 64.9 Å². The van der Waals surface area contributed by atoms with Gasteiger partial charge in [0.2, 0.25) is 5.88 Å². The van der Waals surface area contributed by atoms with E-state index >= 15 is 0 Å². The van der Waals surface area contributed by atoms with E-state index in [2.05, 4.69) is 26.1 Å². The quantitative estimate of drug-likeness (QED) is 0.772. The number of pyridine rings is 1. The van der Waals surface area contributed by atoms with E-state index in [0.717, 1.165) is 0 Å². The molecule has 6 heteroatoms. The van der Waals surface area contributed by atoms with E-state index in [-0.39, 0.29) is 11.7 Å². The number of aromatic nitrogens is 2. The number of hydrogen-bond acceptors (Lipinski definition) is 4. The maximum atomic E-state index is 13.2. The zero-order valence-electron chi connectivity index (χ0n) is 10.2. The molecular weight excluding hydrogens is 325 g/mol. The van der Waals surface area contributed by atoms with E-state index in [1.807, 2.05) is 12.1 Å². The number of benzene rings is 1. The van der Waals surface area contributed by atoms with Gasteiger partial charge in [-0.1, -0.05) is 11.2 Å². The van der Waals surface area contributed by atoms with Crippen LogP contribution in [0, 0.1) is 5.82 Å². The molecule has 2 heterocycles. The van der Waals surface area contributed by atoms with Gasteiger partial charge in [-0.2, -0.15) is 0 Å². The first-order valence-corrected chi connectivity index (χ1v) is 6.58. The molecule has 20 heavy (non-hydrogen) atoms. The van der Waals surface area contributed by atoms with Crippen LogP contribution in [0.15, 0.2) is 51.6 Å². The minimum absolute atomic E-state index is 0.176. The molecule has 4 nitrogen and oxygen atoms in total. The van der Waals surface area contributed by atoms with Gasteiger partial charge in [-0.15, -0.1) is 0 Å². The van der Waals surface area contributed by atoms with Gasteiger partial charge in [-0.3, -0.25) is 4.98 Å². The third-order valence-corrected chi connectivity index (χ3v) is 3.48. The highest BCUT2D eigenvalue weighted by Gasteiger charge is 2.20. The maximum absolute atomic E-state index is 13.2. The van der Waals surface area contributed by atoms with Crippen molar-refractivity contribution in [2.24, 2.45) is 0 Å². The Morgan fingerprint density at radius 3 is 2.75 bits per heavy atom. The second-order valence-electron chi connectivity index (χ2n) is 4.11. The van der Waals surface area contributed by atoms with Crippen molar-refractivity contribution in [3.8, 4) is 22.5 Å². The van der Waals surface area contributed by atoms with Gasteiger partial charge >= 0.3 is 0 Å². The molecule has 0 saturated carbocycles. The summed E-state index contributed by atoms with van der Waals surface area (Å²) >= 11 is 3.32. The third-order valence-electron chi connectivity index (χ3n) is 2.83. The van der Waals surface area contributed by atoms with Crippen molar-refractivity contribution in [1.82, 2.24) is 10.1 Å². The van der Waals surface area contributed by atoms with Crippen LogP contribution in [0.25, 0.3) is 22.5 Å². The molecule has 0 radical (unpaired) electrons. The smallest absolute Gasteiger partial charge is 0.232 e. The summed E-state index contributed by atoms with van der Waals surface area (Å²) in [5.74, 6) is -0.161. The fourth-order valence-electron chi connectivity index (χ4n) is 1.93. The number of nitrogens with two attached hydrogens (primary N) is 1. The van der Waals surface area contributed by atoms with Crippen LogP contribution in [0.4, 0.5) is 10.3 Å². The Kier molecular flexibility index (Phi) is 3.23. The van der Waals surface area contributed by atoms with Crippen LogP contribution >= 0.6 is 15.9 Å². The van der Waals surface area contributed by atoms with Crippen molar-refractivity contribution < 1.29 is 8.91 Å². The molecule has 2 aromatic heterocycles. The molecule has 3 aromatic rings. The predicted octanol–water partition coefficient (Wildman–Crippen LogP) is 3.89. The molecule has 0 aliphatic carbocycles. The van der Waals surface area contributed by atoms with Crippen LogP contribution < -0.4 is 5.73 Å². The standard InChI is InChI=1S/C14H9BrFN3O/c15-10-7-8(16)4-5-9(10)13-12(14(17)20-19-13)11-3-1-2-6-18-11/h1-7H,17H2. The average molecular weight is 334 g/mol. The number of nitrogen functional groups attached to an aromatic ring is 1. The monoisotopic (exact) mass is 333 g/mol. The summed E-state index contributed by atoms with van der Waals surface area (Å²) in [4.78, 5) is 4.25. The molecular formula is C14H9BrFN3O. The molecule has 3 rings (SSSR count).